The summed E-state index contributed by atoms with van der Waals surface area (Å²) in [6, 6.07) is 7.97. The Morgan fingerprint density at radius 1 is 1.26 bits per heavy atom. The number of aliphatic hydroxyl groups excluding tert-OH is 1. The molecule has 1 N–H and O–H groups in total. The molecule has 0 amide bonds. The first-order valence-electron chi connectivity index (χ1n) is 6.35. The van der Waals surface area contributed by atoms with Crippen molar-refractivity contribution in [3.8, 4) is 0 Å². The van der Waals surface area contributed by atoms with E-state index in [4.69, 9.17) is 0 Å². The maximum absolute atomic E-state index is 9.70. The van der Waals surface area contributed by atoms with Crippen molar-refractivity contribution in [3.63, 3.8) is 0 Å². The third kappa shape index (κ3) is 3.78. The van der Waals surface area contributed by atoms with Crippen molar-refractivity contribution in [1.82, 2.24) is 9.97 Å². The van der Waals surface area contributed by atoms with E-state index in [2.05, 4.69) is 29.0 Å². The normalized spacial score (nSPS) is 12.4. The number of rotatable bonds is 4. The van der Waals surface area contributed by atoms with E-state index in [9.17, 15) is 5.11 Å². The molecular weight excluding hydrogens is 256 g/mol. The summed E-state index contributed by atoms with van der Waals surface area (Å²) in [4.78, 5) is 9.81. The second-order valence-electron chi connectivity index (χ2n) is 4.57. The summed E-state index contributed by atoms with van der Waals surface area (Å²) in [6.07, 6.45) is 1.99. The Morgan fingerprint density at radius 2 is 2.05 bits per heavy atom. The number of aliphatic hydroxyl groups is 1. The van der Waals surface area contributed by atoms with Crippen molar-refractivity contribution in [2.45, 2.75) is 43.2 Å². The van der Waals surface area contributed by atoms with Gasteiger partial charge in [-0.2, -0.15) is 0 Å². The Bertz CT molecular complexity index is 534. The number of pyridine rings is 2. The predicted molar refractivity (Wildman–Crippen MR) is 77.3 cm³/mol. The Kier molecular flexibility index (Phi) is 4.56. The molecule has 2 aromatic rings. The minimum absolute atomic E-state index is 0.474. The van der Waals surface area contributed by atoms with Gasteiger partial charge in [-0.3, -0.25) is 4.98 Å². The van der Waals surface area contributed by atoms with Gasteiger partial charge in [0.15, 0.2) is 0 Å². The van der Waals surface area contributed by atoms with Gasteiger partial charge in [-0.25, -0.2) is 4.98 Å². The first-order chi connectivity index (χ1) is 9.08. The first-order valence-corrected chi connectivity index (χ1v) is 7.17. The molecule has 0 radical (unpaired) electrons. The number of hydrogen-bond acceptors (Lipinski definition) is 4. The van der Waals surface area contributed by atoms with E-state index in [-0.39, 0.29) is 0 Å². The van der Waals surface area contributed by atoms with Crippen LogP contribution >= 0.6 is 11.8 Å². The average molecular weight is 274 g/mol. The van der Waals surface area contributed by atoms with Crippen LogP contribution in [0.3, 0.4) is 0 Å². The molecule has 1 unspecified atom stereocenters. The van der Waals surface area contributed by atoms with E-state index in [0.717, 1.165) is 21.3 Å². The predicted octanol–water partition coefficient (Wildman–Crippen LogP) is 3.69. The minimum Gasteiger partial charge on any atom is -0.387 e. The third-order valence-electron chi connectivity index (χ3n) is 2.78. The lowest BCUT2D eigenvalue weighted by Crippen LogP contribution is -1.98. The molecule has 0 saturated carbocycles. The fourth-order valence-corrected chi connectivity index (χ4v) is 2.75. The summed E-state index contributed by atoms with van der Waals surface area (Å²) in [7, 11) is 0. The lowest BCUT2D eigenvalue weighted by molar-refractivity contribution is 0.169. The van der Waals surface area contributed by atoms with E-state index in [1.54, 1.807) is 18.0 Å². The van der Waals surface area contributed by atoms with Crippen LogP contribution in [0.5, 0.6) is 0 Å². The molecule has 0 aromatic carbocycles. The van der Waals surface area contributed by atoms with E-state index in [1.165, 1.54) is 5.56 Å². The van der Waals surface area contributed by atoms with Crippen LogP contribution in [-0.2, 0) is 0 Å². The molecular formula is C15H18N2OS. The van der Waals surface area contributed by atoms with Gasteiger partial charge in [0.25, 0.3) is 0 Å². The number of aromatic nitrogens is 2. The van der Waals surface area contributed by atoms with Gasteiger partial charge in [0.2, 0.25) is 0 Å². The van der Waals surface area contributed by atoms with Gasteiger partial charge in [0.05, 0.1) is 11.8 Å². The van der Waals surface area contributed by atoms with Crippen LogP contribution in [0.4, 0.5) is 0 Å². The molecule has 4 heteroatoms. The van der Waals surface area contributed by atoms with Crippen LogP contribution in [-0.4, -0.2) is 15.1 Å². The van der Waals surface area contributed by atoms with E-state index in [1.807, 2.05) is 26.0 Å². The molecule has 19 heavy (non-hydrogen) atoms. The molecule has 2 heterocycles. The molecule has 3 nitrogen and oxygen atoms in total. The van der Waals surface area contributed by atoms with Crippen molar-refractivity contribution < 1.29 is 5.11 Å². The Hall–Kier alpha value is -1.39. The zero-order valence-electron chi connectivity index (χ0n) is 11.4. The highest BCUT2D eigenvalue weighted by Crippen LogP contribution is 2.27. The maximum Gasteiger partial charge on any atom is 0.101 e. The third-order valence-corrected chi connectivity index (χ3v) is 3.68. The van der Waals surface area contributed by atoms with Gasteiger partial charge >= 0.3 is 0 Å². The molecule has 0 aliphatic rings. The summed E-state index contributed by atoms with van der Waals surface area (Å²) in [5.74, 6) is 0. The fourth-order valence-electron chi connectivity index (χ4n) is 1.84. The maximum atomic E-state index is 9.70. The lowest BCUT2D eigenvalue weighted by Gasteiger charge is -2.08. The minimum atomic E-state index is -0.474. The zero-order valence-corrected chi connectivity index (χ0v) is 12.2. The van der Waals surface area contributed by atoms with Gasteiger partial charge < -0.3 is 5.11 Å². The van der Waals surface area contributed by atoms with Crippen LogP contribution < -0.4 is 0 Å². The van der Waals surface area contributed by atoms with Gasteiger partial charge in [0.1, 0.15) is 5.03 Å². The van der Waals surface area contributed by atoms with Crippen LogP contribution in [0.25, 0.3) is 0 Å². The van der Waals surface area contributed by atoms with Gasteiger partial charge in [-0.1, -0.05) is 18.7 Å². The van der Waals surface area contributed by atoms with Crippen LogP contribution in [0.1, 0.15) is 36.4 Å². The van der Waals surface area contributed by atoms with Gasteiger partial charge in [-0.05, 0) is 50.1 Å². The molecule has 2 rings (SSSR count). The van der Waals surface area contributed by atoms with Crippen LogP contribution in [0.2, 0.25) is 0 Å². The highest BCUT2D eigenvalue weighted by Gasteiger charge is 2.07. The number of hydrogen-bond donors (Lipinski definition) is 1. The summed E-state index contributed by atoms with van der Waals surface area (Å²) < 4.78 is 0. The highest BCUT2D eigenvalue weighted by atomic mass is 32.2. The second-order valence-corrected chi connectivity index (χ2v) is 5.66. The monoisotopic (exact) mass is 274 g/mol. The average Bonchev–Trinajstić information content (AvgIpc) is 2.37. The Balaban J connectivity index is 2.15. The topological polar surface area (TPSA) is 46.0 Å². The smallest absolute Gasteiger partial charge is 0.101 e. The molecule has 0 aliphatic carbocycles. The molecule has 0 saturated heterocycles. The molecule has 0 bridgehead atoms. The Labute approximate surface area is 118 Å². The van der Waals surface area contributed by atoms with E-state index in [0.29, 0.717) is 6.42 Å². The molecule has 0 spiro atoms. The molecule has 0 aliphatic heterocycles. The van der Waals surface area contributed by atoms with Crippen molar-refractivity contribution in [2.24, 2.45) is 0 Å². The van der Waals surface area contributed by atoms with Crippen molar-refractivity contribution >= 4 is 11.8 Å². The second kappa shape index (κ2) is 6.17. The molecule has 100 valence electrons. The fraction of sp³-hybridized carbons (Fsp3) is 0.333. The molecule has 1 atom stereocenters. The van der Waals surface area contributed by atoms with Gasteiger partial charge in [-0.15, -0.1) is 0 Å². The lowest BCUT2D eigenvalue weighted by atomic mass is 10.2. The summed E-state index contributed by atoms with van der Waals surface area (Å²) in [5.41, 5.74) is 2.95. The molecule has 2 aromatic heterocycles. The summed E-state index contributed by atoms with van der Waals surface area (Å²) >= 11 is 1.59. The number of aryl methyl sites for hydroxylation is 2. The van der Waals surface area contributed by atoms with Crippen LogP contribution in [0.15, 0.2) is 40.4 Å². The Morgan fingerprint density at radius 3 is 2.63 bits per heavy atom. The van der Waals surface area contributed by atoms with Crippen LogP contribution in [0, 0.1) is 13.8 Å². The summed E-state index contributed by atoms with van der Waals surface area (Å²) in [5, 5.41) is 10.7. The van der Waals surface area contributed by atoms with E-state index >= 15 is 0 Å². The standard InChI is InChI=1S/C15H18N2OS/c1-4-14(18)13-6-5-12(9-16-13)19-15-8-10(2)7-11(3)17-15/h5-9,14,18H,4H2,1-3H3. The SMILES string of the molecule is CCC(O)c1ccc(Sc2cc(C)cc(C)n2)cn1. The first kappa shape index (κ1) is 14.0. The van der Waals surface area contributed by atoms with Gasteiger partial charge in [0, 0.05) is 16.8 Å². The van der Waals surface area contributed by atoms with Crippen molar-refractivity contribution in [2.75, 3.05) is 0 Å². The van der Waals surface area contributed by atoms with Crippen molar-refractivity contribution in [3.05, 3.63) is 47.4 Å². The zero-order chi connectivity index (χ0) is 13.8. The molecule has 0 fully saturated rings. The van der Waals surface area contributed by atoms with E-state index < -0.39 is 6.10 Å². The van der Waals surface area contributed by atoms with Crippen molar-refractivity contribution in [1.29, 1.82) is 0 Å². The quantitative estimate of drug-likeness (QED) is 0.923. The highest BCUT2D eigenvalue weighted by molar-refractivity contribution is 7.99. The summed E-state index contributed by atoms with van der Waals surface area (Å²) in [6.45, 7) is 6.00. The number of nitrogens with zero attached hydrogens (tertiary/aromatic N) is 2. The largest absolute Gasteiger partial charge is 0.387 e.